The van der Waals surface area contributed by atoms with Crippen LogP contribution in [0.3, 0.4) is 0 Å². The Morgan fingerprint density at radius 2 is 1.93 bits per heavy atom. The number of nitrogens with one attached hydrogen (secondary N) is 1. The number of amides is 1. The summed E-state index contributed by atoms with van der Waals surface area (Å²) in [4.78, 5) is 19.9. The zero-order valence-corrected chi connectivity index (χ0v) is 15.0. The van der Waals surface area contributed by atoms with Gasteiger partial charge in [0.2, 0.25) is 0 Å². The van der Waals surface area contributed by atoms with Crippen LogP contribution in [0.1, 0.15) is 35.0 Å². The molecule has 28 heavy (non-hydrogen) atoms. The minimum atomic E-state index is -4.49. The van der Waals surface area contributed by atoms with E-state index in [1.54, 1.807) is 12.1 Å². The first kappa shape index (κ1) is 19.7. The van der Waals surface area contributed by atoms with Gasteiger partial charge in [0.05, 0.1) is 11.6 Å². The molecule has 3 N–H and O–H groups in total. The maximum absolute atomic E-state index is 12.5. The lowest BCUT2D eigenvalue weighted by Crippen LogP contribution is -2.20. The van der Waals surface area contributed by atoms with Crippen LogP contribution in [-0.2, 0) is 17.3 Å². The summed E-state index contributed by atoms with van der Waals surface area (Å²) in [6, 6.07) is 9.29. The molecule has 0 spiro atoms. The third kappa shape index (κ3) is 4.79. The Morgan fingerprint density at radius 3 is 2.46 bits per heavy atom. The number of hydrogen-bond donors (Lipinski definition) is 2. The maximum Gasteiger partial charge on any atom is 0.417 e. The first-order valence-corrected chi connectivity index (χ1v) is 8.66. The molecule has 0 aliphatic carbocycles. The van der Waals surface area contributed by atoms with Crippen LogP contribution in [0.2, 0.25) is 0 Å². The smallest absolute Gasteiger partial charge is 0.417 e. The zero-order valence-electron chi connectivity index (χ0n) is 15.0. The van der Waals surface area contributed by atoms with Gasteiger partial charge in [0.1, 0.15) is 11.8 Å². The number of halogens is 3. The molecule has 148 valence electrons. The van der Waals surface area contributed by atoms with E-state index in [9.17, 15) is 18.0 Å². The number of alkyl halides is 3. The van der Waals surface area contributed by atoms with Crippen LogP contribution in [-0.4, -0.2) is 29.1 Å². The largest absolute Gasteiger partial charge is 0.460 e. The van der Waals surface area contributed by atoms with Gasteiger partial charge in [-0.15, -0.1) is 0 Å². The number of rotatable bonds is 5. The molecule has 0 bridgehead atoms. The number of aryl methyl sites for hydroxylation is 1. The van der Waals surface area contributed by atoms with E-state index in [0.29, 0.717) is 11.9 Å². The number of hydrogen-bond acceptors (Lipinski definition) is 5. The fourth-order valence-electron chi connectivity index (χ4n) is 2.83. The number of anilines is 1. The Balaban J connectivity index is 1.56. The third-order valence-electron chi connectivity index (χ3n) is 4.41. The molecule has 0 saturated heterocycles. The number of ether oxygens (including phenoxy) is 1. The second-order valence-corrected chi connectivity index (χ2v) is 6.48. The monoisotopic (exact) mass is 392 g/mol. The summed E-state index contributed by atoms with van der Waals surface area (Å²) in [5, 5.41) is 2.61. The normalized spacial score (nSPS) is 19.1. The summed E-state index contributed by atoms with van der Waals surface area (Å²) in [5.41, 5.74) is 6.14. The van der Waals surface area contributed by atoms with Gasteiger partial charge in [-0.05, 0) is 49.6 Å². The highest BCUT2D eigenvalue weighted by atomic mass is 19.4. The van der Waals surface area contributed by atoms with Gasteiger partial charge in [0.15, 0.2) is 0 Å². The molecule has 1 amide bonds. The van der Waals surface area contributed by atoms with Crippen molar-refractivity contribution in [1.82, 2.24) is 4.98 Å². The van der Waals surface area contributed by atoms with Crippen LogP contribution in [0, 0.1) is 0 Å². The Hall–Kier alpha value is -3.10. The van der Waals surface area contributed by atoms with Gasteiger partial charge in [-0.3, -0.25) is 9.78 Å². The van der Waals surface area contributed by atoms with Gasteiger partial charge >= 0.3 is 6.18 Å². The number of carbonyl (C=O) groups is 1. The number of pyridine rings is 1. The first-order chi connectivity index (χ1) is 13.2. The van der Waals surface area contributed by atoms with E-state index in [2.05, 4.69) is 15.3 Å². The summed E-state index contributed by atoms with van der Waals surface area (Å²) in [6.45, 7) is 1.92. The van der Waals surface area contributed by atoms with E-state index in [1.165, 1.54) is 0 Å². The number of nitrogens with two attached hydrogens (primary N) is 1. The number of amidine groups is 1. The highest BCUT2D eigenvalue weighted by Crippen LogP contribution is 2.28. The average molecular weight is 392 g/mol. The molecular formula is C19H19F3N4O2. The molecule has 1 aliphatic rings. The number of nitrogens with zero attached hydrogens (tertiary/aromatic N) is 2. The summed E-state index contributed by atoms with van der Waals surface area (Å²) in [6.07, 6.45) is -2.35. The van der Waals surface area contributed by atoms with E-state index in [0.717, 1.165) is 30.5 Å². The van der Waals surface area contributed by atoms with E-state index in [-0.39, 0.29) is 23.9 Å². The van der Waals surface area contributed by atoms with Crippen molar-refractivity contribution in [1.29, 1.82) is 0 Å². The van der Waals surface area contributed by atoms with E-state index in [4.69, 9.17) is 10.5 Å². The van der Waals surface area contributed by atoms with Crippen molar-refractivity contribution in [2.45, 2.75) is 38.1 Å². The number of carbonyl (C=O) groups excluding carboxylic acids is 1. The van der Waals surface area contributed by atoms with Crippen molar-refractivity contribution < 1.29 is 22.7 Å². The fourth-order valence-corrected chi connectivity index (χ4v) is 2.83. The second-order valence-electron chi connectivity index (χ2n) is 6.48. The summed E-state index contributed by atoms with van der Waals surface area (Å²) in [5.74, 6) is -0.580. The highest BCUT2D eigenvalue weighted by Gasteiger charge is 2.31. The number of aliphatic imine (C=N–C) groups is 1. The second kappa shape index (κ2) is 7.87. The minimum absolute atomic E-state index is 0.0186. The minimum Gasteiger partial charge on any atom is -0.460 e. The fraction of sp³-hybridized carbons (Fsp3) is 0.316. The Morgan fingerprint density at radius 1 is 1.21 bits per heavy atom. The summed E-state index contributed by atoms with van der Waals surface area (Å²) >= 11 is 0. The summed E-state index contributed by atoms with van der Waals surface area (Å²) < 4.78 is 42.9. The quantitative estimate of drug-likeness (QED) is 0.816. The molecule has 6 nitrogen and oxygen atoms in total. The molecule has 2 heterocycles. The zero-order chi connectivity index (χ0) is 20.3. The van der Waals surface area contributed by atoms with Gasteiger partial charge in [0.25, 0.3) is 11.9 Å². The topological polar surface area (TPSA) is 89.6 Å². The van der Waals surface area contributed by atoms with Gasteiger partial charge in [0, 0.05) is 11.9 Å². The predicted octanol–water partition coefficient (Wildman–Crippen LogP) is 3.39. The van der Waals surface area contributed by atoms with E-state index in [1.807, 2.05) is 19.1 Å². The van der Waals surface area contributed by atoms with E-state index >= 15 is 0 Å². The highest BCUT2D eigenvalue weighted by molar-refractivity contribution is 6.02. The van der Waals surface area contributed by atoms with Crippen molar-refractivity contribution in [3.63, 3.8) is 0 Å². The number of aromatic nitrogens is 1. The Labute approximate surface area is 159 Å². The third-order valence-corrected chi connectivity index (χ3v) is 4.41. The van der Waals surface area contributed by atoms with Gasteiger partial charge < -0.3 is 15.8 Å². The molecule has 3 rings (SSSR count). The maximum atomic E-state index is 12.5. The molecule has 1 aromatic carbocycles. The molecule has 0 saturated carbocycles. The van der Waals surface area contributed by atoms with Crippen LogP contribution in [0.4, 0.5) is 18.9 Å². The summed E-state index contributed by atoms with van der Waals surface area (Å²) in [7, 11) is 0. The molecule has 2 aromatic rings. The molecule has 1 aromatic heterocycles. The molecule has 0 radical (unpaired) electrons. The lowest BCUT2D eigenvalue weighted by molar-refractivity contribution is -0.137. The number of benzene rings is 1. The molecule has 1 aliphatic heterocycles. The average Bonchev–Trinajstić information content (AvgIpc) is 2.98. The predicted molar refractivity (Wildman–Crippen MR) is 97.9 cm³/mol. The standard InChI is InChI=1S/C19H19F3N4O2/c1-11-15(26-18(23)28-11)8-4-12-2-6-14(7-3-12)25-17(27)16-9-5-13(10-24-16)19(20,21)22/h2-3,5-7,9-11,15H,4,8H2,1H3,(H2,23,26)(H,25,27)/t11-,15?/m0/s1. The van der Waals surface area contributed by atoms with E-state index < -0.39 is 17.6 Å². The van der Waals surface area contributed by atoms with Crippen molar-refractivity contribution >= 4 is 17.6 Å². The van der Waals surface area contributed by atoms with Crippen molar-refractivity contribution in [2.24, 2.45) is 10.7 Å². The SMILES string of the molecule is C[C@@H]1OC(N)=NC1CCc1ccc(NC(=O)c2ccc(C(F)(F)F)cn2)cc1. The molecule has 2 atom stereocenters. The molecule has 1 unspecified atom stereocenters. The lowest BCUT2D eigenvalue weighted by atomic mass is 10.0. The van der Waals surface area contributed by atoms with Crippen LogP contribution < -0.4 is 11.1 Å². The Kier molecular flexibility index (Phi) is 5.53. The Bertz CT molecular complexity index is 864. The van der Waals surface area contributed by atoms with Gasteiger partial charge in [-0.25, -0.2) is 4.99 Å². The molecule has 0 fully saturated rings. The first-order valence-electron chi connectivity index (χ1n) is 8.66. The van der Waals surface area contributed by atoms with Crippen molar-refractivity contribution in [3.8, 4) is 0 Å². The van der Waals surface area contributed by atoms with Crippen LogP contribution >= 0.6 is 0 Å². The van der Waals surface area contributed by atoms with Crippen LogP contribution in [0.25, 0.3) is 0 Å². The van der Waals surface area contributed by atoms with Crippen LogP contribution in [0.5, 0.6) is 0 Å². The van der Waals surface area contributed by atoms with Crippen LogP contribution in [0.15, 0.2) is 47.6 Å². The lowest BCUT2D eigenvalue weighted by Gasteiger charge is -2.12. The molecule has 9 heteroatoms. The van der Waals surface area contributed by atoms with Gasteiger partial charge in [-0.2, -0.15) is 13.2 Å². The van der Waals surface area contributed by atoms with Crippen molar-refractivity contribution in [3.05, 3.63) is 59.4 Å². The molecular weight excluding hydrogens is 373 g/mol. The van der Waals surface area contributed by atoms with Gasteiger partial charge in [-0.1, -0.05) is 12.1 Å². The van der Waals surface area contributed by atoms with Crippen molar-refractivity contribution in [2.75, 3.05) is 5.32 Å².